The summed E-state index contributed by atoms with van der Waals surface area (Å²) in [6.07, 6.45) is 0. The molecule has 1 atom stereocenters. The summed E-state index contributed by atoms with van der Waals surface area (Å²) in [4.78, 5) is 13.8. The standard InChI is InChI=1S/C14H18ClNO2S/c1-9-8-19-4-3-16(9)7-11-5-12(15)6-13(10(2)17)14(11)18/h5-6,9,18H,3-4,7-8H2,1-2H3. The van der Waals surface area contributed by atoms with Gasteiger partial charge in [0.2, 0.25) is 0 Å². The zero-order valence-electron chi connectivity index (χ0n) is 11.1. The summed E-state index contributed by atoms with van der Waals surface area (Å²) >= 11 is 7.98. The Balaban J connectivity index is 2.26. The largest absolute Gasteiger partial charge is 0.507 e. The molecular weight excluding hydrogens is 282 g/mol. The monoisotopic (exact) mass is 299 g/mol. The molecule has 1 unspecified atom stereocenters. The van der Waals surface area contributed by atoms with Gasteiger partial charge in [-0.3, -0.25) is 9.69 Å². The second-order valence-electron chi connectivity index (χ2n) is 4.91. The van der Waals surface area contributed by atoms with Gasteiger partial charge in [0.05, 0.1) is 5.56 Å². The molecule has 0 radical (unpaired) electrons. The molecule has 1 saturated heterocycles. The van der Waals surface area contributed by atoms with Crippen LogP contribution in [0.25, 0.3) is 0 Å². The van der Waals surface area contributed by atoms with Crippen molar-refractivity contribution in [2.24, 2.45) is 0 Å². The zero-order valence-corrected chi connectivity index (χ0v) is 12.7. The van der Waals surface area contributed by atoms with Crippen molar-refractivity contribution < 1.29 is 9.90 Å². The number of rotatable bonds is 3. The van der Waals surface area contributed by atoms with Gasteiger partial charge in [0, 0.05) is 41.2 Å². The summed E-state index contributed by atoms with van der Waals surface area (Å²) in [6.45, 7) is 5.25. The highest BCUT2D eigenvalue weighted by molar-refractivity contribution is 7.99. The third-order valence-electron chi connectivity index (χ3n) is 3.41. The topological polar surface area (TPSA) is 40.5 Å². The van der Waals surface area contributed by atoms with Crippen LogP contribution >= 0.6 is 23.4 Å². The number of nitrogens with zero attached hydrogens (tertiary/aromatic N) is 1. The van der Waals surface area contributed by atoms with Gasteiger partial charge in [0.1, 0.15) is 5.75 Å². The summed E-state index contributed by atoms with van der Waals surface area (Å²) in [6, 6.07) is 3.74. The highest BCUT2D eigenvalue weighted by Crippen LogP contribution is 2.30. The maximum absolute atomic E-state index is 11.5. The fourth-order valence-corrected chi connectivity index (χ4v) is 3.58. The van der Waals surface area contributed by atoms with Crippen molar-refractivity contribution in [2.45, 2.75) is 26.4 Å². The lowest BCUT2D eigenvalue weighted by atomic mass is 10.0. The van der Waals surface area contributed by atoms with Crippen LogP contribution < -0.4 is 0 Å². The molecule has 1 aromatic carbocycles. The first kappa shape index (κ1) is 14.7. The van der Waals surface area contributed by atoms with E-state index in [9.17, 15) is 9.90 Å². The van der Waals surface area contributed by atoms with E-state index in [1.807, 2.05) is 11.8 Å². The second kappa shape index (κ2) is 6.16. The lowest BCUT2D eigenvalue weighted by Crippen LogP contribution is -2.39. The summed E-state index contributed by atoms with van der Waals surface area (Å²) in [7, 11) is 0. The molecular formula is C14H18ClNO2S. The molecule has 0 amide bonds. The van der Waals surface area contributed by atoms with E-state index >= 15 is 0 Å². The van der Waals surface area contributed by atoms with Crippen molar-refractivity contribution in [1.29, 1.82) is 0 Å². The number of phenols is 1. The van der Waals surface area contributed by atoms with Gasteiger partial charge in [-0.2, -0.15) is 11.8 Å². The number of carbonyl (C=O) groups excluding carboxylic acids is 1. The maximum atomic E-state index is 11.5. The maximum Gasteiger partial charge on any atom is 0.163 e. The van der Waals surface area contributed by atoms with E-state index < -0.39 is 0 Å². The van der Waals surface area contributed by atoms with E-state index in [4.69, 9.17) is 11.6 Å². The molecule has 0 bridgehead atoms. The molecule has 1 aliphatic heterocycles. The Morgan fingerprint density at radius 3 is 2.95 bits per heavy atom. The van der Waals surface area contributed by atoms with Crippen molar-refractivity contribution in [1.82, 2.24) is 4.90 Å². The van der Waals surface area contributed by atoms with E-state index in [1.165, 1.54) is 13.0 Å². The summed E-state index contributed by atoms with van der Waals surface area (Å²) in [5.74, 6) is 2.11. The van der Waals surface area contributed by atoms with Gasteiger partial charge in [0.25, 0.3) is 0 Å². The number of halogens is 1. The molecule has 1 N–H and O–H groups in total. The molecule has 1 aromatic rings. The van der Waals surface area contributed by atoms with E-state index in [-0.39, 0.29) is 11.5 Å². The minimum atomic E-state index is -0.163. The predicted molar refractivity (Wildman–Crippen MR) is 80.3 cm³/mol. The average Bonchev–Trinajstić information content (AvgIpc) is 2.35. The molecule has 5 heteroatoms. The van der Waals surface area contributed by atoms with Crippen LogP contribution in [0.2, 0.25) is 5.02 Å². The van der Waals surface area contributed by atoms with Gasteiger partial charge in [0.15, 0.2) is 5.78 Å². The molecule has 3 nitrogen and oxygen atoms in total. The minimum absolute atomic E-state index is 0.0716. The minimum Gasteiger partial charge on any atom is -0.507 e. The fraction of sp³-hybridized carbons (Fsp3) is 0.500. The molecule has 0 aromatic heterocycles. The van der Waals surface area contributed by atoms with Gasteiger partial charge in [-0.1, -0.05) is 11.6 Å². The van der Waals surface area contributed by atoms with Gasteiger partial charge < -0.3 is 5.11 Å². The van der Waals surface area contributed by atoms with Crippen molar-refractivity contribution in [3.8, 4) is 5.75 Å². The molecule has 1 heterocycles. The molecule has 19 heavy (non-hydrogen) atoms. The quantitative estimate of drug-likeness (QED) is 0.870. The Labute approximate surface area is 122 Å². The van der Waals surface area contributed by atoms with Gasteiger partial charge in [-0.05, 0) is 26.0 Å². The number of hydrogen-bond donors (Lipinski definition) is 1. The SMILES string of the molecule is CC(=O)c1cc(Cl)cc(CN2CCSCC2C)c1O. The molecule has 1 fully saturated rings. The average molecular weight is 300 g/mol. The number of aromatic hydroxyl groups is 1. The molecule has 1 aliphatic rings. The second-order valence-corrected chi connectivity index (χ2v) is 6.50. The third kappa shape index (κ3) is 3.44. The summed E-state index contributed by atoms with van der Waals surface area (Å²) in [5, 5.41) is 10.7. The van der Waals surface area contributed by atoms with E-state index in [2.05, 4.69) is 11.8 Å². The van der Waals surface area contributed by atoms with Crippen molar-refractivity contribution >= 4 is 29.1 Å². The third-order valence-corrected chi connectivity index (χ3v) is 4.82. The van der Waals surface area contributed by atoms with Crippen LogP contribution in [-0.2, 0) is 6.54 Å². The number of Topliss-reactive ketones (excluding diaryl/α,β-unsaturated/α-hetero) is 1. The van der Waals surface area contributed by atoms with Gasteiger partial charge in [-0.15, -0.1) is 0 Å². The van der Waals surface area contributed by atoms with Crippen LogP contribution in [0.3, 0.4) is 0 Å². The van der Waals surface area contributed by atoms with Crippen molar-refractivity contribution in [3.05, 3.63) is 28.3 Å². The van der Waals surface area contributed by atoms with Gasteiger partial charge >= 0.3 is 0 Å². The number of hydrogen-bond acceptors (Lipinski definition) is 4. The lowest BCUT2D eigenvalue weighted by molar-refractivity contribution is 0.101. The van der Waals surface area contributed by atoms with Crippen LogP contribution in [0.1, 0.15) is 29.8 Å². The summed E-state index contributed by atoms with van der Waals surface area (Å²) < 4.78 is 0. The summed E-state index contributed by atoms with van der Waals surface area (Å²) in [5.41, 5.74) is 1.04. The smallest absolute Gasteiger partial charge is 0.163 e. The van der Waals surface area contributed by atoms with E-state index in [0.29, 0.717) is 23.2 Å². The molecule has 104 valence electrons. The van der Waals surface area contributed by atoms with Crippen LogP contribution in [0.4, 0.5) is 0 Å². The first-order valence-electron chi connectivity index (χ1n) is 6.33. The van der Waals surface area contributed by atoms with Crippen LogP contribution in [-0.4, -0.2) is 39.9 Å². The number of thioether (sulfide) groups is 1. The number of benzene rings is 1. The predicted octanol–water partition coefficient (Wildman–Crippen LogP) is 3.19. The Morgan fingerprint density at radius 2 is 2.32 bits per heavy atom. The first-order valence-corrected chi connectivity index (χ1v) is 7.86. The van der Waals surface area contributed by atoms with Crippen LogP contribution in [0, 0.1) is 0 Å². The van der Waals surface area contributed by atoms with E-state index in [0.717, 1.165) is 23.6 Å². The Bertz CT molecular complexity index is 493. The number of phenolic OH excluding ortho intramolecular Hbond substituents is 1. The Kier molecular flexibility index (Phi) is 4.76. The highest BCUT2D eigenvalue weighted by atomic mass is 35.5. The van der Waals surface area contributed by atoms with Crippen molar-refractivity contribution in [3.63, 3.8) is 0 Å². The molecule has 0 saturated carbocycles. The van der Waals surface area contributed by atoms with Crippen LogP contribution in [0.5, 0.6) is 5.75 Å². The fourth-order valence-electron chi connectivity index (χ4n) is 2.26. The molecule has 0 aliphatic carbocycles. The van der Waals surface area contributed by atoms with Gasteiger partial charge in [-0.25, -0.2) is 0 Å². The Morgan fingerprint density at radius 1 is 1.58 bits per heavy atom. The first-order chi connectivity index (χ1) is 8.99. The highest BCUT2D eigenvalue weighted by Gasteiger charge is 2.21. The zero-order chi connectivity index (χ0) is 14.0. The van der Waals surface area contributed by atoms with Crippen molar-refractivity contribution in [2.75, 3.05) is 18.1 Å². The Hall–Kier alpha value is -0.710. The van der Waals surface area contributed by atoms with E-state index in [1.54, 1.807) is 6.07 Å². The molecule has 0 spiro atoms. The normalized spacial score (nSPS) is 20.5. The lowest BCUT2D eigenvalue weighted by Gasteiger charge is -2.33. The number of carbonyl (C=O) groups is 1. The van der Waals surface area contributed by atoms with Crippen LogP contribution in [0.15, 0.2) is 12.1 Å². The number of ketones is 1. The molecule has 2 rings (SSSR count).